The van der Waals surface area contributed by atoms with E-state index in [1.165, 1.54) is 11.8 Å². The number of ether oxygens (including phenoxy) is 1. The number of nitrogens with zero attached hydrogens (tertiary/aromatic N) is 1. The molecule has 92 valence electrons. The average molecular weight is 243 g/mol. The Balaban J connectivity index is 3.71. The van der Waals surface area contributed by atoms with Gasteiger partial charge in [-0.2, -0.15) is 5.26 Å². The van der Waals surface area contributed by atoms with Crippen LogP contribution < -0.4 is 0 Å². The predicted molar refractivity (Wildman–Crippen MR) is 66.9 cm³/mol. The van der Waals surface area contributed by atoms with Crippen molar-refractivity contribution in [1.82, 2.24) is 0 Å². The number of nitriles is 1. The van der Waals surface area contributed by atoms with Gasteiger partial charge in [0.05, 0.1) is 12.0 Å². The quantitative estimate of drug-likeness (QED) is 0.391. The van der Waals surface area contributed by atoms with E-state index in [1.807, 2.05) is 33.1 Å². The number of esters is 1. The zero-order valence-corrected chi connectivity index (χ0v) is 11.4. The van der Waals surface area contributed by atoms with Gasteiger partial charge in [-0.3, -0.25) is 4.79 Å². The maximum atomic E-state index is 11.7. The van der Waals surface area contributed by atoms with E-state index in [4.69, 9.17) is 10.00 Å². The maximum absolute atomic E-state index is 11.7. The van der Waals surface area contributed by atoms with E-state index in [0.29, 0.717) is 6.61 Å². The molecule has 0 aromatic heterocycles. The first-order valence-corrected chi connectivity index (χ1v) is 6.59. The highest BCUT2D eigenvalue weighted by atomic mass is 32.2. The van der Waals surface area contributed by atoms with Crippen molar-refractivity contribution in [3.8, 4) is 5.40 Å². The van der Waals surface area contributed by atoms with E-state index in [0.717, 1.165) is 18.6 Å². The fourth-order valence-corrected chi connectivity index (χ4v) is 1.35. The fraction of sp³-hybridized carbons (Fsp3) is 0.833. The van der Waals surface area contributed by atoms with Crippen LogP contribution in [0.15, 0.2) is 0 Å². The van der Waals surface area contributed by atoms with E-state index < -0.39 is 5.41 Å². The van der Waals surface area contributed by atoms with E-state index in [9.17, 15) is 4.79 Å². The molecule has 16 heavy (non-hydrogen) atoms. The molecule has 0 amide bonds. The molecular weight excluding hydrogens is 222 g/mol. The number of hydrogen-bond donors (Lipinski definition) is 0. The standard InChI is InChI=1S/C12H21NO2S/c1-10(2)12(3,4)11(14)15-7-5-6-8-16-9-13/h10H,5-8H2,1-4H3. The SMILES string of the molecule is CC(C)C(C)(C)C(=O)OCCCCSC#N. The van der Waals surface area contributed by atoms with Crippen molar-refractivity contribution in [3.05, 3.63) is 0 Å². The van der Waals surface area contributed by atoms with Gasteiger partial charge in [0.1, 0.15) is 5.40 Å². The molecule has 0 aromatic rings. The zero-order valence-electron chi connectivity index (χ0n) is 10.6. The van der Waals surface area contributed by atoms with Crippen LogP contribution in [-0.4, -0.2) is 18.3 Å². The largest absolute Gasteiger partial charge is 0.465 e. The Kier molecular flexibility index (Phi) is 7.24. The number of carbonyl (C=O) groups is 1. The van der Waals surface area contributed by atoms with Crippen molar-refractivity contribution in [3.63, 3.8) is 0 Å². The number of thioether (sulfide) groups is 1. The molecule has 4 heteroatoms. The molecule has 0 N–H and O–H groups in total. The van der Waals surface area contributed by atoms with Crippen LogP contribution >= 0.6 is 11.8 Å². The Bertz CT molecular complexity index is 256. The van der Waals surface area contributed by atoms with Crippen LogP contribution in [0.25, 0.3) is 0 Å². The number of carbonyl (C=O) groups excluding carboxylic acids is 1. The van der Waals surface area contributed by atoms with Crippen LogP contribution in [0.4, 0.5) is 0 Å². The van der Waals surface area contributed by atoms with E-state index in [1.54, 1.807) is 0 Å². The second-order valence-corrected chi connectivity index (χ2v) is 5.54. The highest BCUT2D eigenvalue weighted by molar-refractivity contribution is 8.03. The molecule has 0 saturated heterocycles. The van der Waals surface area contributed by atoms with E-state index >= 15 is 0 Å². The highest BCUT2D eigenvalue weighted by Crippen LogP contribution is 2.27. The van der Waals surface area contributed by atoms with E-state index in [-0.39, 0.29) is 11.9 Å². The first-order chi connectivity index (χ1) is 7.42. The van der Waals surface area contributed by atoms with Crippen LogP contribution in [0.3, 0.4) is 0 Å². The van der Waals surface area contributed by atoms with Crippen LogP contribution in [0.1, 0.15) is 40.5 Å². The first-order valence-electron chi connectivity index (χ1n) is 5.61. The van der Waals surface area contributed by atoms with Gasteiger partial charge in [-0.15, -0.1) is 0 Å². The van der Waals surface area contributed by atoms with Crippen LogP contribution in [0.2, 0.25) is 0 Å². The number of unbranched alkanes of at least 4 members (excludes halogenated alkanes) is 1. The van der Waals surface area contributed by atoms with E-state index in [2.05, 4.69) is 0 Å². The van der Waals surface area contributed by atoms with Gasteiger partial charge in [-0.05, 0) is 44.4 Å². The third-order valence-corrected chi connectivity index (χ3v) is 3.53. The van der Waals surface area contributed by atoms with Crippen molar-refractivity contribution in [1.29, 1.82) is 5.26 Å². The molecule has 0 spiro atoms. The van der Waals surface area contributed by atoms with Crippen LogP contribution in [0, 0.1) is 22.0 Å². The van der Waals surface area contributed by atoms with Crippen molar-refractivity contribution < 1.29 is 9.53 Å². The lowest BCUT2D eigenvalue weighted by atomic mass is 9.81. The predicted octanol–water partition coefficient (Wildman–Crippen LogP) is 3.21. The monoisotopic (exact) mass is 243 g/mol. The Labute approximate surface area is 103 Å². The summed E-state index contributed by atoms with van der Waals surface area (Å²) in [6.45, 7) is 8.31. The number of hydrogen-bond acceptors (Lipinski definition) is 4. The van der Waals surface area contributed by atoms with Crippen LogP contribution in [-0.2, 0) is 9.53 Å². The molecule has 0 aliphatic heterocycles. The zero-order chi connectivity index (χ0) is 12.6. The molecule has 0 saturated carbocycles. The number of thiocyanates is 1. The molecule has 0 aliphatic rings. The lowest BCUT2D eigenvalue weighted by molar-refractivity contribution is -0.156. The van der Waals surface area contributed by atoms with Gasteiger partial charge in [0.15, 0.2) is 0 Å². The van der Waals surface area contributed by atoms with Crippen LogP contribution in [0.5, 0.6) is 0 Å². The molecule has 0 atom stereocenters. The summed E-state index contributed by atoms with van der Waals surface area (Å²) in [5, 5.41) is 10.3. The molecule has 0 unspecified atom stereocenters. The van der Waals surface area contributed by atoms with Crippen molar-refractivity contribution in [2.75, 3.05) is 12.4 Å². The Morgan fingerprint density at radius 1 is 1.44 bits per heavy atom. The first kappa shape index (κ1) is 15.3. The summed E-state index contributed by atoms with van der Waals surface area (Å²) in [6, 6.07) is 0. The van der Waals surface area contributed by atoms with Gasteiger partial charge >= 0.3 is 5.97 Å². The molecule has 0 fully saturated rings. The maximum Gasteiger partial charge on any atom is 0.311 e. The molecule has 0 bridgehead atoms. The summed E-state index contributed by atoms with van der Waals surface area (Å²) in [5.41, 5.74) is -0.415. The normalized spacial score (nSPS) is 11.2. The van der Waals surface area contributed by atoms with Gasteiger partial charge < -0.3 is 4.74 Å². The molecule has 0 aliphatic carbocycles. The Morgan fingerprint density at radius 2 is 2.06 bits per heavy atom. The number of rotatable bonds is 7. The summed E-state index contributed by atoms with van der Waals surface area (Å²) in [7, 11) is 0. The van der Waals surface area contributed by atoms with Gasteiger partial charge in [-0.1, -0.05) is 13.8 Å². The molecule has 0 aromatic carbocycles. The van der Waals surface area contributed by atoms with Gasteiger partial charge in [0.2, 0.25) is 0 Å². The van der Waals surface area contributed by atoms with Crippen molar-refractivity contribution >= 4 is 17.7 Å². The smallest absolute Gasteiger partial charge is 0.311 e. The van der Waals surface area contributed by atoms with Gasteiger partial charge in [0, 0.05) is 5.75 Å². The lowest BCUT2D eigenvalue weighted by Crippen LogP contribution is -2.32. The third-order valence-electron chi connectivity index (χ3n) is 2.91. The summed E-state index contributed by atoms with van der Waals surface area (Å²) in [5.74, 6) is 0.950. The minimum absolute atomic E-state index is 0.129. The molecule has 0 rings (SSSR count). The second-order valence-electron chi connectivity index (χ2n) is 4.66. The molecule has 0 heterocycles. The summed E-state index contributed by atoms with van der Waals surface area (Å²) >= 11 is 1.24. The summed E-state index contributed by atoms with van der Waals surface area (Å²) < 4.78 is 5.22. The topological polar surface area (TPSA) is 50.1 Å². The van der Waals surface area contributed by atoms with Gasteiger partial charge in [0.25, 0.3) is 0 Å². The summed E-state index contributed by atoms with van der Waals surface area (Å²) in [6.07, 6.45) is 1.74. The van der Waals surface area contributed by atoms with Gasteiger partial charge in [-0.25, -0.2) is 0 Å². The highest BCUT2D eigenvalue weighted by Gasteiger charge is 2.32. The minimum Gasteiger partial charge on any atom is -0.465 e. The average Bonchev–Trinajstić information content (AvgIpc) is 2.22. The molecule has 0 radical (unpaired) electrons. The minimum atomic E-state index is -0.415. The van der Waals surface area contributed by atoms with Crippen molar-refractivity contribution in [2.24, 2.45) is 11.3 Å². The van der Waals surface area contributed by atoms with Crippen molar-refractivity contribution in [2.45, 2.75) is 40.5 Å². The molecular formula is C12H21NO2S. The lowest BCUT2D eigenvalue weighted by Gasteiger charge is -2.26. The fourth-order valence-electron chi connectivity index (χ4n) is 0.909. The third kappa shape index (κ3) is 5.41. The Morgan fingerprint density at radius 3 is 2.56 bits per heavy atom. The molecule has 3 nitrogen and oxygen atoms in total. The summed E-state index contributed by atoms with van der Waals surface area (Å²) in [4.78, 5) is 11.7. The second kappa shape index (κ2) is 7.56. The Hall–Kier alpha value is -0.690.